The Morgan fingerprint density at radius 1 is 1.13 bits per heavy atom. The molecule has 2 heterocycles. The fraction of sp³-hybridized carbons (Fsp3) is 0.652. The zero-order valence-corrected chi connectivity index (χ0v) is 18.8. The molecule has 0 radical (unpaired) electrons. The van der Waals surface area contributed by atoms with E-state index in [-0.39, 0.29) is 36.5 Å². The van der Waals surface area contributed by atoms with Crippen molar-refractivity contribution in [1.29, 1.82) is 0 Å². The van der Waals surface area contributed by atoms with Crippen molar-refractivity contribution in [3.63, 3.8) is 0 Å². The number of likely N-dealkylation sites (N-methyl/N-ethyl adjacent to an activating group) is 1. The molecule has 7 heteroatoms. The Balaban J connectivity index is 1.51. The molecule has 2 aliphatic rings. The van der Waals surface area contributed by atoms with E-state index < -0.39 is 0 Å². The first kappa shape index (κ1) is 22.6. The summed E-state index contributed by atoms with van der Waals surface area (Å²) in [5.41, 5.74) is 1.92. The normalized spacial score (nSPS) is 24.3. The van der Waals surface area contributed by atoms with Gasteiger partial charge in [-0.3, -0.25) is 9.59 Å². The van der Waals surface area contributed by atoms with Gasteiger partial charge in [-0.15, -0.1) is 0 Å². The minimum Gasteiger partial charge on any atom is -0.378 e. The minimum absolute atomic E-state index is 0.0778. The number of hydrogen-bond donors (Lipinski definition) is 2. The molecule has 2 aliphatic heterocycles. The van der Waals surface area contributed by atoms with E-state index in [1.54, 1.807) is 0 Å². The molecule has 2 amide bonds. The molecule has 4 atom stereocenters. The number of nitrogens with one attached hydrogen (secondary N) is 2. The number of benzene rings is 1. The molecule has 0 aliphatic carbocycles. The van der Waals surface area contributed by atoms with Gasteiger partial charge < -0.3 is 24.8 Å². The number of ether oxygens (including phenoxy) is 1. The molecule has 2 fully saturated rings. The molecule has 30 heavy (non-hydrogen) atoms. The number of quaternary nitrogens is 1. The first-order chi connectivity index (χ1) is 14.4. The lowest BCUT2D eigenvalue weighted by molar-refractivity contribution is -0.886. The van der Waals surface area contributed by atoms with E-state index in [0.717, 1.165) is 55.4 Å². The SMILES string of the molecule is C[C@@H]1CCC[C@@H](C)N1C(=O)[C@@H](C)[NH+](C)CC(=O)Nc1ccc(N2CCOCC2)cc1. The van der Waals surface area contributed by atoms with Crippen LogP contribution in [0.5, 0.6) is 0 Å². The fourth-order valence-corrected chi connectivity index (χ4v) is 4.48. The monoisotopic (exact) mass is 417 g/mol. The van der Waals surface area contributed by atoms with Crippen LogP contribution in [-0.2, 0) is 14.3 Å². The van der Waals surface area contributed by atoms with Crippen molar-refractivity contribution in [1.82, 2.24) is 4.90 Å². The highest BCUT2D eigenvalue weighted by molar-refractivity contribution is 5.92. The van der Waals surface area contributed by atoms with E-state index in [1.165, 1.54) is 6.42 Å². The number of carbonyl (C=O) groups is 2. The van der Waals surface area contributed by atoms with Crippen molar-refractivity contribution in [3.8, 4) is 0 Å². The summed E-state index contributed by atoms with van der Waals surface area (Å²) in [6.07, 6.45) is 3.29. The second-order valence-corrected chi connectivity index (χ2v) is 8.81. The molecular weight excluding hydrogens is 380 g/mol. The van der Waals surface area contributed by atoms with Gasteiger partial charge in [-0.1, -0.05) is 0 Å². The summed E-state index contributed by atoms with van der Waals surface area (Å²) in [4.78, 5) is 30.8. The number of amides is 2. The number of hydrogen-bond acceptors (Lipinski definition) is 4. The average molecular weight is 418 g/mol. The summed E-state index contributed by atoms with van der Waals surface area (Å²) < 4.78 is 5.39. The maximum atomic E-state index is 13.0. The van der Waals surface area contributed by atoms with Crippen LogP contribution in [0.1, 0.15) is 40.0 Å². The molecule has 1 aromatic carbocycles. The molecule has 0 bridgehead atoms. The topological polar surface area (TPSA) is 66.3 Å². The zero-order valence-electron chi connectivity index (χ0n) is 18.8. The molecule has 2 N–H and O–H groups in total. The molecule has 0 spiro atoms. The fourth-order valence-electron chi connectivity index (χ4n) is 4.48. The van der Waals surface area contributed by atoms with Gasteiger partial charge in [0.2, 0.25) is 0 Å². The number of carbonyl (C=O) groups excluding carboxylic acids is 2. The molecule has 1 aromatic rings. The van der Waals surface area contributed by atoms with Gasteiger partial charge in [-0.25, -0.2) is 0 Å². The predicted octanol–water partition coefficient (Wildman–Crippen LogP) is 1.15. The second-order valence-electron chi connectivity index (χ2n) is 8.81. The van der Waals surface area contributed by atoms with Crippen molar-refractivity contribution >= 4 is 23.2 Å². The third kappa shape index (κ3) is 5.52. The Hall–Kier alpha value is -2.12. The number of likely N-dealkylation sites (tertiary alicyclic amines) is 1. The number of morpholine rings is 1. The van der Waals surface area contributed by atoms with Crippen molar-refractivity contribution in [2.24, 2.45) is 0 Å². The van der Waals surface area contributed by atoms with Crippen LogP contribution in [-0.4, -0.2) is 74.7 Å². The van der Waals surface area contributed by atoms with E-state index in [2.05, 4.69) is 24.1 Å². The first-order valence-corrected chi connectivity index (χ1v) is 11.2. The van der Waals surface area contributed by atoms with Crippen molar-refractivity contribution in [2.75, 3.05) is 50.1 Å². The summed E-state index contributed by atoms with van der Waals surface area (Å²) in [6.45, 7) is 9.72. The van der Waals surface area contributed by atoms with Gasteiger partial charge in [-0.2, -0.15) is 0 Å². The number of nitrogens with zero attached hydrogens (tertiary/aromatic N) is 2. The van der Waals surface area contributed by atoms with Crippen LogP contribution < -0.4 is 15.1 Å². The molecule has 0 aromatic heterocycles. The van der Waals surface area contributed by atoms with Gasteiger partial charge in [0.15, 0.2) is 12.6 Å². The Morgan fingerprint density at radius 2 is 1.73 bits per heavy atom. The van der Waals surface area contributed by atoms with Gasteiger partial charge in [0.1, 0.15) is 0 Å². The van der Waals surface area contributed by atoms with Gasteiger partial charge in [0.05, 0.1) is 20.3 Å². The van der Waals surface area contributed by atoms with Crippen LogP contribution in [0.3, 0.4) is 0 Å². The highest BCUT2D eigenvalue weighted by Gasteiger charge is 2.35. The van der Waals surface area contributed by atoms with Gasteiger partial charge in [0, 0.05) is 36.5 Å². The number of piperidine rings is 1. The molecule has 3 rings (SSSR count). The summed E-state index contributed by atoms with van der Waals surface area (Å²) in [7, 11) is 1.92. The van der Waals surface area contributed by atoms with Crippen LogP contribution in [0, 0.1) is 0 Å². The van der Waals surface area contributed by atoms with Gasteiger partial charge in [0.25, 0.3) is 11.8 Å². The van der Waals surface area contributed by atoms with E-state index in [4.69, 9.17) is 4.74 Å². The smallest absolute Gasteiger partial charge is 0.281 e. The van der Waals surface area contributed by atoms with Crippen LogP contribution >= 0.6 is 0 Å². The largest absolute Gasteiger partial charge is 0.378 e. The highest BCUT2D eigenvalue weighted by atomic mass is 16.5. The Labute approximate surface area is 180 Å². The van der Waals surface area contributed by atoms with Crippen LogP contribution in [0.4, 0.5) is 11.4 Å². The van der Waals surface area contributed by atoms with E-state index >= 15 is 0 Å². The lowest BCUT2D eigenvalue weighted by atomic mass is 9.96. The standard InChI is InChI=1S/C23H36N4O3/c1-17-6-5-7-18(2)27(17)23(29)19(3)25(4)16-22(28)24-20-8-10-21(11-9-20)26-12-14-30-15-13-26/h8-11,17-19H,5-7,12-16H2,1-4H3,(H,24,28)/p+1/t17-,18-,19-/m1/s1. The van der Waals surface area contributed by atoms with Gasteiger partial charge in [-0.05, 0) is 64.3 Å². The quantitative estimate of drug-likeness (QED) is 0.729. The van der Waals surface area contributed by atoms with Crippen molar-refractivity contribution in [2.45, 2.75) is 58.2 Å². The molecular formula is C23H37N4O3+. The average Bonchev–Trinajstić information content (AvgIpc) is 2.74. The first-order valence-electron chi connectivity index (χ1n) is 11.2. The van der Waals surface area contributed by atoms with E-state index in [0.29, 0.717) is 0 Å². The lowest BCUT2D eigenvalue weighted by Gasteiger charge is -2.40. The third-order valence-corrected chi connectivity index (χ3v) is 6.52. The van der Waals surface area contributed by atoms with Crippen molar-refractivity contribution in [3.05, 3.63) is 24.3 Å². The molecule has 166 valence electrons. The second kappa shape index (κ2) is 10.3. The highest BCUT2D eigenvalue weighted by Crippen LogP contribution is 2.23. The van der Waals surface area contributed by atoms with Crippen LogP contribution in [0.2, 0.25) is 0 Å². The van der Waals surface area contributed by atoms with E-state index in [1.807, 2.05) is 43.1 Å². The van der Waals surface area contributed by atoms with Crippen LogP contribution in [0.25, 0.3) is 0 Å². The predicted molar refractivity (Wildman–Crippen MR) is 119 cm³/mol. The van der Waals surface area contributed by atoms with Crippen LogP contribution in [0.15, 0.2) is 24.3 Å². The molecule has 1 unspecified atom stereocenters. The van der Waals surface area contributed by atoms with E-state index in [9.17, 15) is 9.59 Å². The molecule has 0 saturated carbocycles. The van der Waals surface area contributed by atoms with Crippen molar-refractivity contribution < 1.29 is 19.2 Å². The summed E-state index contributed by atoms with van der Waals surface area (Å²) in [5.74, 6) is 0.0703. The summed E-state index contributed by atoms with van der Waals surface area (Å²) in [5, 5.41) is 2.97. The molecule has 7 nitrogen and oxygen atoms in total. The Morgan fingerprint density at radius 3 is 2.33 bits per heavy atom. The third-order valence-electron chi connectivity index (χ3n) is 6.52. The summed E-state index contributed by atoms with van der Waals surface area (Å²) in [6, 6.07) is 8.23. The minimum atomic E-state index is -0.248. The Bertz CT molecular complexity index is 708. The maximum absolute atomic E-state index is 13.0. The van der Waals surface area contributed by atoms with Gasteiger partial charge >= 0.3 is 0 Å². The zero-order chi connectivity index (χ0) is 21.7. The Kier molecular flexibility index (Phi) is 7.72. The maximum Gasteiger partial charge on any atom is 0.281 e. The molecule has 2 saturated heterocycles. The lowest BCUT2D eigenvalue weighted by Crippen LogP contribution is -3.15. The summed E-state index contributed by atoms with van der Waals surface area (Å²) >= 11 is 0. The number of rotatable bonds is 6. The number of anilines is 2.